The molecule has 1 unspecified atom stereocenters. The number of amides is 1. The number of hydrogen-bond donors (Lipinski definition) is 2. The Kier molecular flexibility index (Phi) is 7.33. The van der Waals surface area contributed by atoms with Gasteiger partial charge in [0.25, 0.3) is 0 Å². The minimum Gasteiger partial charge on any atom is -0.402 e. The molecule has 1 atom stereocenters. The summed E-state index contributed by atoms with van der Waals surface area (Å²) in [5.74, 6) is 0.976. The molecular weight excluding hydrogens is 395 g/mol. The van der Waals surface area contributed by atoms with Gasteiger partial charge in [-0.3, -0.25) is 9.79 Å². The van der Waals surface area contributed by atoms with Gasteiger partial charge in [0.2, 0.25) is 5.91 Å². The summed E-state index contributed by atoms with van der Waals surface area (Å²) in [6.45, 7) is 5.00. The number of carbonyl (C=O) groups is 1. The first-order chi connectivity index (χ1) is 14.9. The summed E-state index contributed by atoms with van der Waals surface area (Å²) in [6, 6.07) is 7.97. The number of halogens is 1. The van der Waals surface area contributed by atoms with Crippen LogP contribution in [-0.4, -0.2) is 47.1 Å². The van der Waals surface area contributed by atoms with Crippen molar-refractivity contribution in [1.29, 1.82) is 0 Å². The minimum absolute atomic E-state index is 0.00940. The van der Waals surface area contributed by atoms with E-state index >= 15 is 0 Å². The number of carbonyl (C=O) groups excluding carboxylic acids is 1. The molecule has 31 heavy (non-hydrogen) atoms. The van der Waals surface area contributed by atoms with Crippen molar-refractivity contribution < 1.29 is 9.18 Å². The average Bonchev–Trinajstić information content (AvgIpc) is 2.76. The molecule has 1 aromatic heterocycles. The number of nitrogens with one attached hydrogen (secondary N) is 1. The summed E-state index contributed by atoms with van der Waals surface area (Å²) in [5, 5.41) is 3.17. The molecule has 2 heterocycles. The molecule has 2 aromatic rings. The Balaban J connectivity index is 2.02. The molecule has 1 aliphatic rings. The van der Waals surface area contributed by atoms with E-state index in [4.69, 9.17) is 15.7 Å². The third-order valence-electron chi connectivity index (χ3n) is 5.24. The smallest absolute Gasteiger partial charge is 0.222 e. The van der Waals surface area contributed by atoms with E-state index < -0.39 is 0 Å². The van der Waals surface area contributed by atoms with E-state index in [1.165, 1.54) is 12.1 Å². The number of hydrogen-bond acceptors (Lipinski definition) is 6. The van der Waals surface area contributed by atoms with Crippen LogP contribution >= 0.6 is 0 Å². The lowest BCUT2D eigenvalue weighted by Gasteiger charge is -2.32. The van der Waals surface area contributed by atoms with Crippen LogP contribution in [0.5, 0.6) is 0 Å². The molecule has 8 heteroatoms. The van der Waals surface area contributed by atoms with Gasteiger partial charge in [-0.15, -0.1) is 0 Å². The minimum atomic E-state index is -0.336. The standard InChI is InChI=1S/C23H29FN6O/c1-4-22(31)30-10-6-7-16(14-30)23-28-20(19(13-26-3)15(2)25)12-21(29-23)27-18-9-5-8-17(24)11-18/h5,8-9,11-13,16H,4,6-7,10,14,25H2,1-3H3,(H,27,28,29)/b19-15+,26-13?. The number of anilines is 2. The summed E-state index contributed by atoms with van der Waals surface area (Å²) in [5.41, 5.74) is 8.59. The molecule has 3 N–H and O–H groups in total. The number of aliphatic imine (C=N–C) groups is 1. The fraction of sp³-hybridized carbons (Fsp3) is 0.391. The molecule has 1 aliphatic heterocycles. The third-order valence-corrected chi connectivity index (χ3v) is 5.24. The Hall–Kier alpha value is -3.29. The lowest BCUT2D eigenvalue weighted by atomic mass is 9.96. The van der Waals surface area contributed by atoms with Crippen LogP contribution < -0.4 is 11.1 Å². The Morgan fingerprint density at radius 1 is 1.39 bits per heavy atom. The van der Waals surface area contributed by atoms with Crippen molar-refractivity contribution in [2.24, 2.45) is 10.7 Å². The number of rotatable bonds is 6. The Bertz CT molecular complexity index is 999. The van der Waals surface area contributed by atoms with Crippen molar-refractivity contribution in [3.63, 3.8) is 0 Å². The van der Waals surface area contributed by atoms with Crippen LogP contribution in [0.3, 0.4) is 0 Å². The second-order valence-corrected chi connectivity index (χ2v) is 7.65. The first kappa shape index (κ1) is 22.4. The predicted octanol–water partition coefficient (Wildman–Crippen LogP) is 3.87. The van der Waals surface area contributed by atoms with Crippen LogP contribution in [-0.2, 0) is 4.79 Å². The zero-order valence-corrected chi connectivity index (χ0v) is 18.2. The molecule has 0 spiro atoms. The molecular formula is C23H29FN6O. The highest BCUT2D eigenvalue weighted by Gasteiger charge is 2.26. The van der Waals surface area contributed by atoms with Crippen molar-refractivity contribution in [2.45, 2.75) is 39.0 Å². The monoisotopic (exact) mass is 424 g/mol. The first-order valence-corrected chi connectivity index (χ1v) is 10.5. The second kappa shape index (κ2) is 10.1. The van der Waals surface area contributed by atoms with Crippen LogP contribution in [0.15, 0.2) is 41.0 Å². The zero-order chi connectivity index (χ0) is 22.4. The van der Waals surface area contributed by atoms with Crippen LogP contribution in [0.1, 0.15) is 50.5 Å². The van der Waals surface area contributed by atoms with Crippen molar-refractivity contribution >= 4 is 29.2 Å². The maximum Gasteiger partial charge on any atom is 0.222 e. The second-order valence-electron chi connectivity index (χ2n) is 7.65. The van der Waals surface area contributed by atoms with Crippen molar-refractivity contribution in [3.8, 4) is 0 Å². The number of benzene rings is 1. The third kappa shape index (κ3) is 5.65. The van der Waals surface area contributed by atoms with Gasteiger partial charge in [-0.1, -0.05) is 13.0 Å². The van der Waals surface area contributed by atoms with E-state index in [0.717, 1.165) is 19.4 Å². The molecule has 7 nitrogen and oxygen atoms in total. The topological polar surface area (TPSA) is 96.5 Å². The molecule has 1 aromatic carbocycles. The van der Waals surface area contributed by atoms with Gasteiger partial charge in [0, 0.05) is 61.7 Å². The molecule has 0 radical (unpaired) electrons. The SMILES string of the molecule is CCC(=O)N1CCCC(c2nc(Nc3cccc(F)c3)cc(/C(C=NC)=C(\C)N)n2)C1. The van der Waals surface area contributed by atoms with Crippen LogP contribution in [0.2, 0.25) is 0 Å². The van der Waals surface area contributed by atoms with Crippen molar-refractivity contribution in [3.05, 3.63) is 53.4 Å². The molecule has 1 amide bonds. The van der Waals surface area contributed by atoms with Gasteiger partial charge in [0.1, 0.15) is 17.5 Å². The van der Waals surface area contributed by atoms with Crippen LogP contribution in [0.4, 0.5) is 15.9 Å². The highest BCUT2D eigenvalue weighted by Crippen LogP contribution is 2.28. The number of likely N-dealkylation sites (tertiary alicyclic amines) is 1. The summed E-state index contributed by atoms with van der Waals surface area (Å²) in [4.78, 5) is 27.7. The molecule has 0 bridgehead atoms. The summed E-state index contributed by atoms with van der Waals surface area (Å²) < 4.78 is 13.7. The lowest BCUT2D eigenvalue weighted by Crippen LogP contribution is -2.39. The summed E-state index contributed by atoms with van der Waals surface area (Å²) in [6.07, 6.45) is 3.93. The Morgan fingerprint density at radius 2 is 2.19 bits per heavy atom. The molecule has 0 aliphatic carbocycles. The van der Waals surface area contributed by atoms with Gasteiger partial charge < -0.3 is 16.0 Å². The fourth-order valence-corrected chi connectivity index (χ4v) is 3.70. The number of allylic oxidation sites excluding steroid dienone is 2. The number of nitrogens with zero attached hydrogens (tertiary/aromatic N) is 4. The summed E-state index contributed by atoms with van der Waals surface area (Å²) in [7, 11) is 1.67. The maximum atomic E-state index is 13.7. The number of nitrogens with two attached hydrogens (primary N) is 1. The molecule has 1 saturated heterocycles. The number of aromatic nitrogens is 2. The number of piperidine rings is 1. The first-order valence-electron chi connectivity index (χ1n) is 10.5. The highest BCUT2D eigenvalue weighted by molar-refractivity contribution is 6.10. The van der Waals surface area contributed by atoms with Crippen molar-refractivity contribution in [1.82, 2.24) is 14.9 Å². The maximum absolute atomic E-state index is 13.7. The van der Waals surface area contributed by atoms with E-state index in [0.29, 0.717) is 47.3 Å². The van der Waals surface area contributed by atoms with Crippen LogP contribution in [0, 0.1) is 5.82 Å². The highest BCUT2D eigenvalue weighted by atomic mass is 19.1. The van der Waals surface area contributed by atoms with Gasteiger partial charge in [0.15, 0.2) is 0 Å². The Labute approximate surface area is 182 Å². The normalized spacial score (nSPS) is 17.5. The quantitative estimate of drug-likeness (QED) is 0.687. The van der Waals surface area contributed by atoms with Gasteiger partial charge in [0.05, 0.1) is 5.69 Å². The van der Waals surface area contributed by atoms with Crippen LogP contribution in [0.25, 0.3) is 5.57 Å². The van der Waals surface area contributed by atoms with E-state index in [1.807, 2.05) is 11.8 Å². The summed E-state index contributed by atoms with van der Waals surface area (Å²) >= 11 is 0. The fourth-order valence-electron chi connectivity index (χ4n) is 3.70. The van der Waals surface area contributed by atoms with E-state index in [9.17, 15) is 9.18 Å². The van der Waals surface area contributed by atoms with E-state index in [1.54, 1.807) is 38.4 Å². The molecule has 3 rings (SSSR count). The van der Waals surface area contributed by atoms with Gasteiger partial charge >= 0.3 is 0 Å². The molecule has 164 valence electrons. The molecule has 1 fully saturated rings. The largest absolute Gasteiger partial charge is 0.402 e. The van der Waals surface area contributed by atoms with Crippen molar-refractivity contribution in [2.75, 3.05) is 25.5 Å². The lowest BCUT2D eigenvalue weighted by molar-refractivity contribution is -0.132. The van der Waals surface area contributed by atoms with E-state index in [-0.39, 0.29) is 17.6 Å². The van der Waals surface area contributed by atoms with Gasteiger partial charge in [-0.2, -0.15) is 0 Å². The predicted molar refractivity (Wildman–Crippen MR) is 122 cm³/mol. The van der Waals surface area contributed by atoms with Gasteiger partial charge in [-0.05, 0) is 38.0 Å². The Morgan fingerprint density at radius 3 is 2.87 bits per heavy atom. The molecule has 0 saturated carbocycles. The van der Waals surface area contributed by atoms with E-state index in [2.05, 4.69) is 10.3 Å². The van der Waals surface area contributed by atoms with Gasteiger partial charge in [-0.25, -0.2) is 14.4 Å². The average molecular weight is 425 g/mol. The zero-order valence-electron chi connectivity index (χ0n) is 18.2.